The number of benzene rings is 2. The largest absolute Gasteiger partial charge is 0.481 e. The summed E-state index contributed by atoms with van der Waals surface area (Å²) in [4.78, 5) is 12.7. The second kappa shape index (κ2) is 21.6. The number of carbonyl (C=O) groups is 1. The van der Waals surface area contributed by atoms with Gasteiger partial charge >= 0.3 is 5.97 Å². The average molecular weight is 856 g/mol. The highest BCUT2D eigenvalue weighted by atomic mass is 32.2. The summed E-state index contributed by atoms with van der Waals surface area (Å²) in [7, 11) is -3.95. The molecule has 2 aromatic rings. The van der Waals surface area contributed by atoms with Crippen LogP contribution in [0.3, 0.4) is 0 Å². The Morgan fingerprint density at radius 3 is 1.92 bits per heavy atom. The van der Waals surface area contributed by atoms with Crippen LogP contribution in [0, 0.1) is 0 Å². The zero-order valence-electron chi connectivity index (χ0n) is 35.0. The lowest BCUT2D eigenvalue weighted by molar-refractivity contribution is -0.137. The Hall–Kier alpha value is -3.89. The van der Waals surface area contributed by atoms with Crippen LogP contribution in [0.15, 0.2) is 106 Å². The number of hydrogen-bond donors (Lipinski definition) is 3. The number of allylic oxidation sites excluding steroid dienone is 10. The molecule has 0 saturated heterocycles. The molecule has 0 spiro atoms. The van der Waals surface area contributed by atoms with E-state index in [4.69, 9.17) is 19.3 Å². The van der Waals surface area contributed by atoms with Crippen molar-refractivity contribution in [2.75, 3.05) is 52.6 Å². The van der Waals surface area contributed by atoms with Gasteiger partial charge in [-0.25, -0.2) is 0 Å². The first-order valence-corrected chi connectivity index (χ1v) is 23.0. The fourth-order valence-corrected chi connectivity index (χ4v) is 9.36. The van der Waals surface area contributed by atoms with Gasteiger partial charge in [0.1, 0.15) is 0 Å². The van der Waals surface area contributed by atoms with Gasteiger partial charge in [0.05, 0.1) is 16.4 Å². The second-order valence-electron chi connectivity index (χ2n) is 15.6. The van der Waals surface area contributed by atoms with Crippen LogP contribution in [0.4, 0.5) is 5.69 Å². The quantitative estimate of drug-likeness (QED) is 0.0522. The smallest absolute Gasteiger partial charge is 0.303 e. The molecule has 2 aliphatic rings. The van der Waals surface area contributed by atoms with E-state index in [9.17, 15) is 30.7 Å². The summed E-state index contributed by atoms with van der Waals surface area (Å²) in [6, 6.07) is 9.52. The first-order valence-electron chi connectivity index (χ1n) is 20.1. The summed E-state index contributed by atoms with van der Waals surface area (Å²) in [5.74, 6) is -0.763. The fraction of sp³-hybridized carbons (Fsp3) is 0.489. The van der Waals surface area contributed by atoms with Crippen LogP contribution in [-0.4, -0.2) is 84.7 Å². The van der Waals surface area contributed by atoms with E-state index in [1.54, 1.807) is 39.5 Å². The fourth-order valence-electron chi connectivity index (χ4n) is 8.34. The Morgan fingerprint density at radius 2 is 1.29 bits per heavy atom. The van der Waals surface area contributed by atoms with E-state index in [1.807, 2.05) is 43.4 Å². The molecular weight excluding hydrogens is 795 g/mol. The predicted octanol–water partition coefficient (Wildman–Crippen LogP) is 8.55. The second-order valence-corrected chi connectivity index (χ2v) is 18.5. The minimum absolute atomic E-state index is 0.142. The minimum Gasteiger partial charge on any atom is -0.481 e. The highest BCUT2D eigenvalue weighted by Gasteiger charge is 2.44. The van der Waals surface area contributed by atoms with Crippen molar-refractivity contribution in [1.82, 2.24) is 0 Å². The molecule has 14 heteroatoms. The molecular formula is C45H61NO11S2. The lowest BCUT2D eigenvalue weighted by Gasteiger charge is -2.40. The maximum atomic E-state index is 12.2. The molecule has 0 bridgehead atoms. The molecule has 2 aromatic carbocycles. The van der Waals surface area contributed by atoms with Crippen LogP contribution < -0.4 is 4.90 Å². The molecule has 0 radical (unpaired) electrons. The summed E-state index contributed by atoms with van der Waals surface area (Å²) >= 11 is 0. The molecule has 4 rings (SSSR count). The zero-order chi connectivity index (χ0) is 43.3. The highest BCUT2D eigenvalue weighted by molar-refractivity contribution is 7.86. The third kappa shape index (κ3) is 12.3. The van der Waals surface area contributed by atoms with Crippen molar-refractivity contribution in [3.63, 3.8) is 0 Å². The van der Waals surface area contributed by atoms with Gasteiger partial charge in [0.2, 0.25) is 0 Å². The third-order valence-corrected chi connectivity index (χ3v) is 13.3. The lowest BCUT2D eigenvalue weighted by atomic mass is 9.65. The molecule has 3 N–H and O–H groups in total. The Balaban J connectivity index is 1.65. The lowest BCUT2D eigenvalue weighted by Crippen LogP contribution is -2.32. The van der Waals surface area contributed by atoms with Gasteiger partial charge in [-0.2, -0.15) is 16.8 Å². The van der Waals surface area contributed by atoms with Gasteiger partial charge in [-0.1, -0.05) is 80.7 Å². The van der Waals surface area contributed by atoms with Gasteiger partial charge in [-0.15, -0.1) is 0 Å². The molecule has 0 saturated carbocycles. The summed E-state index contributed by atoms with van der Waals surface area (Å²) in [5.41, 5.74) is 5.51. The van der Waals surface area contributed by atoms with Gasteiger partial charge in [0.15, 0.2) is 0 Å². The van der Waals surface area contributed by atoms with E-state index in [0.717, 1.165) is 72.2 Å². The van der Waals surface area contributed by atoms with Crippen LogP contribution in [0.2, 0.25) is 0 Å². The molecule has 324 valence electrons. The van der Waals surface area contributed by atoms with Crippen molar-refractivity contribution in [2.45, 2.75) is 105 Å². The summed E-state index contributed by atoms with van der Waals surface area (Å²) in [6.07, 6.45) is 22.2. The van der Waals surface area contributed by atoms with Gasteiger partial charge in [0, 0.05) is 69.7 Å². The molecule has 1 heterocycles. The monoisotopic (exact) mass is 855 g/mol. The van der Waals surface area contributed by atoms with Crippen molar-refractivity contribution in [2.24, 2.45) is 0 Å². The molecule has 0 amide bonds. The summed E-state index contributed by atoms with van der Waals surface area (Å²) in [5, 5.41) is 8.93. The number of nitrogens with zero attached hydrogens (tertiary/aromatic N) is 1. The van der Waals surface area contributed by atoms with Crippen LogP contribution >= 0.6 is 0 Å². The predicted molar refractivity (Wildman–Crippen MR) is 230 cm³/mol. The van der Waals surface area contributed by atoms with Gasteiger partial charge in [-0.05, 0) is 104 Å². The molecule has 1 aliphatic carbocycles. The summed E-state index contributed by atoms with van der Waals surface area (Å²) < 4.78 is 84.9. The molecule has 0 aromatic heterocycles. The molecule has 2 atom stereocenters. The topological polar surface area (TPSA) is 177 Å². The number of carboxylic acid groups (broad SMARTS) is 1. The molecule has 1 aliphatic heterocycles. The number of fused-ring (bicyclic) bond motifs is 2. The number of aliphatic carboxylic acids is 1. The zero-order valence-corrected chi connectivity index (χ0v) is 36.6. The van der Waals surface area contributed by atoms with Crippen molar-refractivity contribution >= 4 is 31.9 Å². The van der Waals surface area contributed by atoms with E-state index in [-0.39, 0.29) is 16.2 Å². The Morgan fingerprint density at radius 1 is 0.729 bits per heavy atom. The van der Waals surface area contributed by atoms with Crippen LogP contribution in [-0.2, 0) is 56.5 Å². The first kappa shape index (κ1) is 47.8. The van der Waals surface area contributed by atoms with Crippen molar-refractivity contribution < 1.29 is 50.1 Å². The van der Waals surface area contributed by atoms with Crippen molar-refractivity contribution in [3.05, 3.63) is 112 Å². The number of ether oxygens (including phenoxy) is 3. The number of hydrogen-bond acceptors (Lipinski definition) is 9. The van der Waals surface area contributed by atoms with E-state index < -0.39 is 37.0 Å². The maximum Gasteiger partial charge on any atom is 0.303 e. The van der Waals surface area contributed by atoms with E-state index in [0.29, 0.717) is 52.0 Å². The molecule has 2 unspecified atom stereocenters. The first-order chi connectivity index (χ1) is 28.0. The minimum atomic E-state index is -4.42. The number of anilines is 1. The van der Waals surface area contributed by atoms with Crippen molar-refractivity contribution in [3.8, 4) is 0 Å². The Bertz CT molecular complexity index is 2150. The standard InChI is InChI=1S/C45H61NO11S2/c1-44(25-28-55-3)38(34(17-13-9-6-7-12-16-20-43(47)48)31-35-21-22-36(32-39(35)44)58(49,50)51)18-14-10-8-11-15-19-42-45(2,26-29-56-4)40-33-37(59(52,53)54)23-24-41(40)46(42)27-30-57-5/h8,10-11,14-15,18-19,21-24,32-33H,6-7,9,12-13,16-17,20,25-31H2,1-5H3,(H,47,48)(H,49,50,51)(H,52,53,54)/b10-8+,15-11+,18-14+,42-19+. The highest BCUT2D eigenvalue weighted by Crippen LogP contribution is 2.51. The van der Waals surface area contributed by atoms with Gasteiger partial charge in [-0.3, -0.25) is 13.9 Å². The number of methoxy groups -OCH3 is 3. The number of carboxylic acids is 1. The SMILES string of the molecule is COCCN1/C(=C/C=C/C=C/C=C/C2=C(CCCCCCCCC(=O)O)Cc3ccc(S(=O)(=O)O)cc3C2(C)CCOC)C(C)(CCOC)c2cc(S(=O)(=O)O)ccc21. The van der Waals surface area contributed by atoms with E-state index >= 15 is 0 Å². The maximum absolute atomic E-state index is 12.2. The van der Waals surface area contributed by atoms with E-state index in [2.05, 4.69) is 17.9 Å². The molecule has 59 heavy (non-hydrogen) atoms. The van der Waals surface area contributed by atoms with Crippen molar-refractivity contribution in [1.29, 1.82) is 0 Å². The van der Waals surface area contributed by atoms with Gasteiger partial charge in [0.25, 0.3) is 20.2 Å². The summed E-state index contributed by atoms with van der Waals surface area (Å²) in [6.45, 7) is 5.96. The average Bonchev–Trinajstić information content (AvgIpc) is 3.41. The number of rotatable bonds is 24. The molecule has 12 nitrogen and oxygen atoms in total. The third-order valence-electron chi connectivity index (χ3n) is 11.6. The molecule has 0 fully saturated rings. The normalized spacial score (nSPS) is 20.5. The van der Waals surface area contributed by atoms with Gasteiger partial charge < -0.3 is 24.2 Å². The Kier molecular flexibility index (Phi) is 17.5. The van der Waals surface area contributed by atoms with Crippen LogP contribution in [0.5, 0.6) is 0 Å². The Labute approximate surface area is 350 Å². The number of unbranched alkanes of at least 4 members (excludes halogenated alkanes) is 5. The van der Waals surface area contributed by atoms with Crippen LogP contribution in [0.1, 0.15) is 94.7 Å². The van der Waals surface area contributed by atoms with E-state index in [1.165, 1.54) is 23.8 Å². The van der Waals surface area contributed by atoms with Crippen LogP contribution in [0.25, 0.3) is 0 Å².